The number of unbranched alkanes of at least 4 members (excludes halogenated alkanes) is 1. The fraction of sp³-hybridized carbons (Fsp3) is 0.588. The van der Waals surface area contributed by atoms with E-state index in [1.165, 1.54) is 9.47 Å². The number of nitrogen functional groups attached to an aromatic ring is 1. The first-order valence-corrected chi connectivity index (χ1v) is 8.59. The Balaban J connectivity index is 2.36. The maximum absolute atomic E-state index is 12.6. The molecular weight excluding hydrogens is 308 g/mol. The first-order valence-electron chi connectivity index (χ1n) is 8.59. The van der Waals surface area contributed by atoms with Crippen LogP contribution in [-0.2, 0) is 11.3 Å². The third-order valence-corrected chi connectivity index (χ3v) is 4.39. The normalized spacial score (nSPS) is 16.5. The predicted octanol–water partition coefficient (Wildman–Crippen LogP) is 1.63. The van der Waals surface area contributed by atoms with E-state index < -0.39 is 11.2 Å². The van der Waals surface area contributed by atoms with Gasteiger partial charge in [-0.15, -0.1) is 0 Å². The SMILES string of the molecule is CCCCn1c(N)c(N(CC)C(=O)CC2C=CCC2)c(=O)[nH]c1=O. The Morgan fingerprint density at radius 3 is 2.75 bits per heavy atom. The summed E-state index contributed by atoms with van der Waals surface area (Å²) >= 11 is 0. The molecule has 1 heterocycles. The molecule has 0 bridgehead atoms. The zero-order valence-electron chi connectivity index (χ0n) is 14.4. The molecule has 2 rings (SSSR count). The second kappa shape index (κ2) is 7.99. The molecule has 1 aliphatic carbocycles. The monoisotopic (exact) mass is 334 g/mol. The van der Waals surface area contributed by atoms with Crippen molar-refractivity contribution in [3.8, 4) is 0 Å². The number of aromatic nitrogens is 2. The number of carbonyl (C=O) groups is 1. The molecule has 0 saturated heterocycles. The van der Waals surface area contributed by atoms with E-state index in [0.29, 0.717) is 19.5 Å². The molecule has 1 aromatic rings. The number of rotatable bonds is 7. The summed E-state index contributed by atoms with van der Waals surface area (Å²) in [6.45, 7) is 4.55. The van der Waals surface area contributed by atoms with Gasteiger partial charge in [0.1, 0.15) is 5.82 Å². The lowest BCUT2D eigenvalue weighted by Crippen LogP contribution is -2.41. The molecule has 1 unspecified atom stereocenters. The molecule has 1 atom stereocenters. The van der Waals surface area contributed by atoms with E-state index in [4.69, 9.17) is 5.73 Å². The summed E-state index contributed by atoms with van der Waals surface area (Å²) < 4.78 is 1.34. The van der Waals surface area contributed by atoms with Crippen molar-refractivity contribution in [3.63, 3.8) is 0 Å². The molecule has 0 aromatic carbocycles. The largest absolute Gasteiger partial charge is 0.383 e. The van der Waals surface area contributed by atoms with Gasteiger partial charge in [0.05, 0.1) is 0 Å². The second-order valence-corrected chi connectivity index (χ2v) is 6.11. The van der Waals surface area contributed by atoms with E-state index >= 15 is 0 Å². The number of nitrogens with one attached hydrogen (secondary N) is 1. The second-order valence-electron chi connectivity index (χ2n) is 6.11. The van der Waals surface area contributed by atoms with Gasteiger partial charge in [-0.1, -0.05) is 25.5 Å². The molecule has 132 valence electrons. The van der Waals surface area contributed by atoms with Gasteiger partial charge in [-0.05, 0) is 32.1 Å². The summed E-state index contributed by atoms with van der Waals surface area (Å²) in [7, 11) is 0. The quantitative estimate of drug-likeness (QED) is 0.740. The Morgan fingerprint density at radius 1 is 1.42 bits per heavy atom. The summed E-state index contributed by atoms with van der Waals surface area (Å²) in [4.78, 5) is 40.6. The van der Waals surface area contributed by atoms with Crippen LogP contribution in [0.4, 0.5) is 11.5 Å². The third-order valence-electron chi connectivity index (χ3n) is 4.39. The van der Waals surface area contributed by atoms with E-state index in [1.54, 1.807) is 6.92 Å². The number of carbonyl (C=O) groups excluding carboxylic acids is 1. The maximum Gasteiger partial charge on any atom is 0.330 e. The van der Waals surface area contributed by atoms with Crippen LogP contribution in [0.15, 0.2) is 21.7 Å². The third kappa shape index (κ3) is 3.77. The van der Waals surface area contributed by atoms with Crippen molar-refractivity contribution >= 4 is 17.4 Å². The van der Waals surface area contributed by atoms with Crippen molar-refractivity contribution < 1.29 is 4.79 Å². The number of aromatic amines is 1. The summed E-state index contributed by atoms with van der Waals surface area (Å²) in [6, 6.07) is 0. The molecule has 1 aromatic heterocycles. The molecule has 3 N–H and O–H groups in total. The van der Waals surface area contributed by atoms with E-state index in [1.807, 2.05) is 13.0 Å². The van der Waals surface area contributed by atoms with E-state index in [2.05, 4.69) is 11.1 Å². The molecule has 1 amide bonds. The predicted molar refractivity (Wildman–Crippen MR) is 95.2 cm³/mol. The van der Waals surface area contributed by atoms with Gasteiger partial charge in [-0.25, -0.2) is 4.79 Å². The number of nitrogens with two attached hydrogens (primary N) is 1. The number of anilines is 2. The smallest absolute Gasteiger partial charge is 0.330 e. The van der Waals surface area contributed by atoms with E-state index in [-0.39, 0.29) is 23.3 Å². The van der Waals surface area contributed by atoms with Gasteiger partial charge in [0, 0.05) is 19.5 Å². The van der Waals surface area contributed by atoms with Crippen molar-refractivity contribution in [1.29, 1.82) is 0 Å². The van der Waals surface area contributed by atoms with Crippen LogP contribution in [0.25, 0.3) is 0 Å². The standard InChI is InChI=1S/C17H26N4O3/c1-3-5-10-21-15(18)14(16(23)19-17(21)24)20(4-2)13(22)11-12-8-6-7-9-12/h6,8,12H,3-5,7,9-11,18H2,1-2H3,(H,19,23,24). The van der Waals surface area contributed by atoms with Crippen molar-refractivity contribution in [2.45, 2.75) is 52.5 Å². The van der Waals surface area contributed by atoms with Gasteiger partial charge >= 0.3 is 5.69 Å². The average molecular weight is 334 g/mol. The first kappa shape index (κ1) is 18.0. The molecule has 0 spiro atoms. The van der Waals surface area contributed by atoms with Crippen LogP contribution >= 0.6 is 0 Å². The minimum absolute atomic E-state index is 0.0642. The lowest BCUT2D eigenvalue weighted by atomic mass is 10.0. The Kier molecular flexibility index (Phi) is 6.00. The van der Waals surface area contributed by atoms with Gasteiger partial charge < -0.3 is 10.6 Å². The van der Waals surface area contributed by atoms with Crippen molar-refractivity contribution in [2.24, 2.45) is 5.92 Å². The maximum atomic E-state index is 12.6. The Morgan fingerprint density at radius 2 is 2.17 bits per heavy atom. The van der Waals surface area contributed by atoms with E-state index in [0.717, 1.165) is 25.7 Å². The summed E-state index contributed by atoms with van der Waals surface area (Å²) in [5.74, 6) is 0.124. The number of allylic oxidation sites excluding steroid dienone is 2. The molecule has 0 fully saturated rings. The van der Waals surface area contributed by atoms with Gasteiger partial charge in [0.2, 0.25) is 5.91 Å². The van der Waals surface area contributed by atoms with Gasteiger partial charge in [0.15, 0.2) is 5.69 Å². The lowest BCUT2D eigenvalue weighted by Gasteiger charge is -2.24. The Bertz CT molecular complexity index is 732. The average Bonchev–Trinajstić information content (AvgIpc) is 3.03. The van der Waals surface area contributed by atoms with Crippen LogP contribution in [0, 0.1) is 5.92 Å². The highest BCUT2D eigenvalue weighted by molar-refractivity contribution is 5.95. The van der Waals surface area contributed by atoms with Gasteiger partial charge in [0.25, 0.3) is 5.56 Å². The summed E-state index contributed by atoms with van der Waals surface area (Å²) in [5.41, 5.74) is 5.03. The Hall–Kier alpha value is -2.31. The lowest BCUT2D eigenvalue weighted by molar-refractivity contribution is -0.119. The number of hydrogen-bond donors (Lipinski definition) is 2. The number of hydrogen-bond acceptors (Lipinski definition) is 4. The highest BCUT2D eigenvalue weighted by Gasteiger charge is 2.25. The first-order chi connectivity index (χ1) is 11.5. The molecule has 7 nitrogen and oxygen atoms in total. The zero-order valence-corrected chi connectivity index (χ0v) is 14.4. The van der Waals surface area contributed by atoms with E-state index in [9.17, 15) is 14.4 Å². The molecule has 24 heavy (non-hydrogen) atoms. The summed E-state index contributed by atoms with van der Waals surface area (Å²) in [6.07, 6.45) is 8.05. The van der Waals surface area contributed by atoms with Crippen LogP contribution in [0.1, 0.15) is 46.0 Å². The highest BCUT2D eigenvalue weighted by atomic mass is 16.2. The van der Waals surface area contributed by atoms with Crippen molar-refractivity contribution in [1.82, 2.24) is 9.55 Å². The van der Waals surface area contributed by atoms with Crippen LogP contribution in [0.2, 0.25) is 0 Å². The number of H-pyrrole nitrogens is 1. The van der Waals surface area contributed by atoms with Gasteiger partial charge in [-0.2, -0.15) is 0 Å². The number of nitrogens with zero attached hydrogens (tertiary/aromatic N) is 2. The topological polar surface area (TPSA) is 101 Å². The van der Waals surface area contributed by atoms with Crippen LogP contribution in [0.5, 0.6) is 0 Å². The van der Waals surface area contributed by atoms with Gasteiger partial charge in [-0.3, -0.25) is 19.1 Å². The Labute approximate surface area is 141 Å². The molecule has 0 saturated carbocycles. The fourth-order valence-electron chi connectivity index (χ4n) is 3.04. The molecule has 7 heteroatoms. The molecule has 0 aliphatic heterocycles. The zero-order chi connectivity index (χ0) is 17.7. The van der Waals surface area contributed by atoms with Crippen molar-refractivity contribution in [2.75, 3.05) is 17.2 Å². The minimum atomic E-state index is -0.609. The molecule has 0 radical (unpaired) electrons. The summed E-state index contributed by atoms with van der Waals surface area (Å²) in [5, 5.41) is 0. The van der Waals surface area contributed by atoms with Crippen LogP contribution in [-0.4, -0.2) is 22.0 Å². The van der Waals surface area contributed by atoms with Crippen LogP contribution in [0.3, 0.4) is 0 Å². The molecular formula is C17H26N4O3. The highest BCUT2D eigenvalue weighted by Crippen LogP contribution is 2.24. The fourth-order valence-corrected chi connectivity index (χ4v) is 3.04. The molecule has 1 aliphatic rings. The number of amides is 1. The van der Waals surface area contributed by atoms with Crippen molar-refractivity contribution in [3.05, 3.63) is 33.0 Å². The van der Waals surface area contributed by atoms with Crippen LogP contribution < -0.4 is 21.9 Å². The minimum Gasteiger partial charge on any atom is -0.383 e.